The average molecular weight is 274 g/mol. The molecule has 0 fully saturated rings. The van der Waals surface area contributed by atoms with Crippen molar-refractivity contribution in [3.05, 3.63) is 42.2 Å². The molecule has 6 nitrogen and oxygen atoms in total. The Labute approximate surface area is 117 Å². The Morgan fingerprint density at radius 3 is 2.95 bits per heavy atom. The third-order valence-corrected chi connectivity index (χ3v) is 2.60. The maximum atomic E-state index is 12.3. The molecule has 0 bridgehead atoms. The summed E-state index contributed by atoms with van der Waals surface area (Å²) < 4.78 is 7.31. The van der Waals surface area contributed by atoms with E-state index >= 15 is 0 Å². The largest absolute Gasteiger partial charge is 0.489 e. The van der Waals surface area contributed by atoms with Gasteiger partial charge in [0.1, 0.15) is 11.4 Å². The molecule has 0 aliphatic rings. The van der Waals surface area contributed by atoms with Crippen LogP contribution in [0.25, 0.3) is 0 Å². The second-order valence-electron chi connectivity index (χ2n) is 4.69. The van der Waals surface area contributed by atoms with E-state index in [2.05, 4.69) is 9.97 Å². The minimum absolute atomic E-state index is 0.0333. The quantitative estimate of drug-likeness (QED) is 0.802. The molecule has 20 heavy (non-hydrogen) atoms. The molecule has 0 aliphatic heterocycles. The van der Waals surface area contributed by atoms with E-state index in [9.17, 15) is 4.79 Å². The number of imidazole rings is 1. The lowest BCUT2D eigenvalue weighted by Gasteiger charge is -2.09. The van der Waals surface area contributed by atoms with Gasteiger partial charge in [-0.2, -0.15) is 0 Å². The smallest absolute Gasteiger partial charge is 0.214 e. The maximum absolute atomic E-state index is 12.3. The zero-order chi connectivity index (χ0) is 14.5. The van der Waals surface area contributed by atoms with Crippen molar-refractivity contribution in [2.45, 2.75) is 26.5 Å². The molecule has 0 spiro atoms. The van der Waals surface area contributed by atoms with E-state index < -0.39 is 0 Å². The van der Waals surface area contributed by atoms with Gasteiger partial charge in [-0.15, -0.1) is 0 Å². The number of nitrogens with two attached hydrogens (primary N) is 1. The van der Waals surface area contributed by atoms with Crippen LogP contribution in [0.2, 0.25) is 0 Å². The molecule has 0 unspecified atom stereocenters. The van der Waals surface area contributed by atoms with Crippen molar-refractivity contribution >= 4 is 5.78 Å². The first kappa shape index (κ1) is 14.2. The Morgan fingerprint density at radius 1 is 1.45 bits per heavy atom. The number of nitrogens with zero attached hydrogens (tertiary/aromatic N) is 3. The van der Waals surface area contributed by atoms with Crippen molar-refractivity contribution in [3.8, 4) is 5.75 Å². The van der Waals surface area contributed by atoms with Crippen LogP contribution in [0.1, 0.15) is 29.9 Å². The zero-order valence-corrected chi connectivity index (χ0v) is 11.6. The molecule has 0 radical (unpaired) electrons. The molecule has 6 heteroatoms. The van der Waals surface area contributed by atoms with Gasteiger partial charge in [0.05, 0.1) is 18.6 Å². The van der Waals surface area contributed by atoms with Gasteiger partial charge < -0.3 is 15.0 Å². The zero-order valence-electron chi connectivity index (χ0n) is 11.6. The van der Waals surface area contributed by atoms with E-state index in [1.807, 2.05) is 13.8 Å². The Kier molecular flexibility index (Phi) is 4.47. The fraction of sp³-hybridized carbons (Fsp3) is 0.357. The summed E-state index contributed by atoms with van der Waals surface area (Å²) in [6.45, 7) is 4.98. The van der Waals surface area contributed by atoms with Crippen molar-refractivity contribution < 1.29 is 9.53 Å². The highest BCUT2D eigenvalue weighted by molar-refractivity contribution is 6.07. The fourth-order valence-electron chi connectivity index (χ4n) is 1.78. The van der Waals surface area contributed by atoms with E-state index in [4.69, 9.17) is 10.5 Å². The van der Waals surface area contributed by atoms with E-state index in [1.54, 1.807) is 29.4 Å². The number of ketones is 1. The van der Waals surface area contributed by atoms with Crippen LogP contribution in [0.4, 0.5) is 0 Å². The Morgan fingerprint density at radius 2 is 2.25 bits per heavy atom. The van der Waals surface area contributed by atoms with Crippen LogP contribution < -0.4 is 10.5 Å². The van der Waals surface area contributed by atoms with Crippen LogP contribution in [0, 0.1) is 0 Å². The van der Waals surface area contributed by atoms with Gasteiger partial charge in [0, 0.05) is 31.0 Å². The second kappa shape index (κ2) is 6.29. The van der Waals surface area contributed by atoms with Crippen LogP contribution in [0.3, 0.4) is 0 Å². The van der Waals surface area contributed by atoms with Gasteiger partial charge in [0.15, 0.2) is 0 Å². The van der Waals surface area contributed by atoms with Gasteiger partial charge in [0.2, 0.25) is 5.78 Å². The van der Waals surface area contributed by atoms with Crippen LogP contribution >= 0.6 is 0 Å². The number of hydrogen-bond donors (Lipinski definition) is 1. The monoisotopic (exact) mass is 274 g/mol. The van der Waals surface area contributed by atoms with Crippen molar-refractivity contribution in [1.29, 1.82) is 0 Å². The van der Waals surface area contributed by atoms with E-state index in [1.165, 1.54) is 6.20 Å². The summed E-state index contributed by atoms with van der Waals surface area (Å²) in [6.07, 6.45) is 6.42. The van der Waals surface area contributed by atoms with Gasteiger partial charge >= 0.3 is 0 Å². The lowest BCUT2D eigenvalue weighted by molar-refractivity contribution is 0.103. The van der Waals surface area contributed by atoms with Gasteiger partial charge in [-0.25, -0.2) is 4.98 Å². The van der Waals surface area contributed by atoms with E-state index in [-0.39, 0.29) is 11.9 Å². The molecule has 0 saturated carbocycles. The Balaban J connectivity index is 2.19. The molecular weight excluding hydrogens is 256 g/mol. The molecule has 0 atom stereocenters. The number of pyridine rings is 1. The van der Waals surface area contributed by atoms with Crippen LogP contribution in [0.5, 0.6) is 5.75 Å². The minimum atomic E-state index is -0.178. The van der Waals surface area contributed by atoms with Crippen molar-refractivity contribution in [1.82, 2.24) is 14.5 Å². The molecule has 0 amide bonds. The standard InChI is InChI=1S/C14H18N4O2/c1-10(2)20-12-5-11(6-16-7-12)14(19)13-8-18(4-3-15)9-17-13/h5-10H,3-4,15H2,1-2H3. The Bertz CT molecular complexity index is 592. The molecule has 0 saturated heterocycles. The minimum Gasteiger partial charge on any atom is -0.489 e. The van der Waals surface area contributed by atoms with Crippen molar-refractivity contribution in [2.24, 2.45) is 5.73 Å². The first-order valence-electron chi connectivity index (χ1n) is 6.48. The average Bonchev–Trinajstić information content (AvgIpc) is 2.86. The summed E-state index contributed by atoms with van der Waals surface area (Å²) in [6, 6.07) is 1.68. The fourth-order valence-corrected chi connectivity index (χ4v) is 1.78. The first-order chi connectivity index (χ1) is 9.60. The topological polar surface area (TPSA) is 83.0 Å². The lowest BCUT2D eigenvalue weighted by atomic mass is 10.1. The van der Waals surface area contributed by atoms with Gasteiger partial charge in [-0.05, 0) is 19.9 Å². The summed E-state index contributed by atoms with van der Waals surface area (Å²) in [7, 11) is 0. The molecular formula is C14H18N4O2. The molecule has 2 rings (SSSR count). The number of aromatic nitrogens is 3. The predicted molar refractivity (Wildman–Crippen MR) is 74.7 cm³/mol. The normalized spacial score (nSPS) is 10.8. The molecule has 106 valence electrons. The number of hydrogen-bond acceptors (Lipinski definition) is 5. The first-order valence-corrected chi connectivity index (χ1v) is 6.48. The highest BCUT2D eigenvalue weighted by Crippen LogP contribution is 2.15. The molecule has 2 aromatic heterocycles. The summed E-state index contributed by atoms with van der Waals surface area (Å²) in [4.78, 5) is 20.4. The molecule has 0 aromatic carbocycles. The highest BCUT2D eigenvalue weighted by Gasteiger charge is 2.13. The summed E-state index contributed by atoms with van der Waals surface area (Å²) in [5.41, 5.74) is 6.30. The van der Waals surface area contributed by atoms with Crippen molar-refractivity contribution in [3.63, 3.8) is 0 Å². The molecule has 0 aliphatic carbocycles. The predicted octanol–water partition coefficient (Wildman–Crippen LogP) is 1.25. The number of ether oxygens (including phenoxy) is 1. The molecule has 2 heterocycles. The van der Waals surface area contributed by atoms with Gasteiger partial charge in [-0.1, -0.05) is 0 Å². The van der Waals surface area contributed by atoms with Crippen LogP contribution in [0.15, 0.2) is 31.0 Å². The van der Waals surface area contributed by atoms with Crippen LogP contribution in [-0.4, -0.2) is 33.0 Å². The lowest BCUT2D eigenvalue weighted by Crippen LogP contribution is -2.09. The van der Waals surface area contributed by atoms with Gasteiger partial charge in [-0.3, -0.25) is 9.78 Å². The molecule has 2 aromatic rings. The van der Waals surface area contributed by atoms with Gasteiger partial charge in [0.25, 0.3) is 0 Å². The third-order valence-electron chi connectivity index (χ3n) is 2.60. The second-order valence-corrected chi connectivity index (χ2v) is 4.69. The SMILES string of the molecule is CC(C)Oc1cncc(C(=O)c2cn(CCN)cn2)c1. The molecule has 2 N–H and O–H groups in total. The maximum Gasteiger partial charge on any atom is 0.214 e. The third kappa shape index (κ3) is 3.42. The summed E-state index contributed by atoms with van der Waals surface area (Å²) in [5.74, 6) is 0.398. The number of rotatable bonds is 6. The Hall–Kier alpha value is -2.21. The number of carbonyl (C=O) groups is 1. The van der Waals surface area contributed by atoms with Crippen molar-refractivity contribution in [2.75, 3.05) is 6.54 Å². The van der Waals surface area contributed by atoms with E-state index in [0.29, 0.717) is 30.1 Å². The van der Waals surface area contributed by atoms with Crippen LogP contribution in [-0.2, 0) is 6.54 Å². The highest BCUT2D eigenvalue weighted by atomic mass is 16.5. The summed E-state index contributed by atoms with van der Waals surface area (Å²) in [5, 5.41) is 0. The van der Waals surface area contributed by atoms with E-state index in [0.717, 1.165) is 0 Å². The summed E-state index contributed by atoms with van der Waals surface area (Å²) >= 11 is 0. The number of carbonyl (C=O) groups excluding carboxylic acids is 1.